The number of hydrogen-bond acceptors (Lipinski definition) is 3. The molecule has 0 aliphatic carbocycles. The van der Waals surface area contributed by atoms with Crippen LogP contribution in [0.25, 0.3) is 0 Å². The van der Waals surface area contributed by atoms with Crippen molar-refractivity contribution in [2.75, 3.05) is 11.8 Å². The number of carbonyl (C=O) groups is 1. The minimum atomic E-state index is -1.05. The van der Waals surface area contributed by atoms with E-state index in [9.17, 15) is 4.79 Å². The highest BCUT2D eigenvalue weighted by Gasteiger charge is 2.08. The third-order valence-corrected chi connectivity index (χ3v) is 1.61. The van der Waals surface area contributed by atoms with Crippen LogP contribution in [0.3, 0.4) is 0 Å². The Morgan fingerprint density at radius 3 is 1.64 bits per heavy atom. The molecule has 0 N–H and O–H groups in total. The zero-order chi connectivity index (χ0) is 11.0. The minimum absolute atomic E-state index is 0.122. The number of halogens is 4. The molecule has 0 spiro atoms. The Balaban J connectivity index is 3.99. The van der Waals surface area contributed by atoms with Gasteiger partial charge in [-0.25, -0.2) is 4.79 Å². The van der Waals surface area contributed by atoms with E-state index in [0.29, 0.717) is 0 Å². The summed E-state index contributed by atoms with van der Waals surface area (Å²) in [5, 5.41) is -0.360. The van der Waals surface area contributed by atoms with Crippen molar-refractivity contribution in [3.8, 4) is 0 Å². The Morgan fingerprint density at radius 1 is 1.00 bits per heavy atom. The van der Waals surface area contributed by atoms with Gasteiger partial charge in [-0.1, -0.05) is 0 Å². The second kappa shape index (κ2) is 8.24. The Kier molecular flexibility index (Phi) is 8.18. The number of hydrogen-bond donors (Lipinski definition) is 0. The van der Waals surface area contributed by atoms with E-state index in [4.69, 9.17) is 46.4 Å². The Hall–Kier alpha value is -0.0900. The molecule has 80 valence electrons. The Labute approximate surface area is 101 Å². The summed E-state index contributed by atoms with van der Waals surface area (Å²) >= 11 is 21.4. The average molecular weight is 280 g/mol. The molecule has 0 rings (SSSR count). The summed E-state index contributed by atoms with van der Waals surface area (Å²) < 4.78 is 8.84. The van der Waals surface area contributed by atoms with Gasteiger partial charge in [0, 0.05) is 11.8 Å². The lowest BCUT2D eigenvalue weighted by molar-refractivity contribution is 0.113. The van der Waals surface area contributed by atoms with Gasteiger partial charge < -0.3 is 9.47 Å². The van der Waals surface area contributed by atoms with Crippen LogP contribution in [0.2, 0.25) is 0 Å². The molecule has 0 heterocycles. The molecule has 0 aliphatic heterocycles. The van der Waals surface area contributed by atoms with Crippen molar-refractivity contribution in [1.82, 2.24) is 0 Å². The first-order valence-electron chi connectivity index (χ1n) is 3.33. The standard InChI is InChI=1S/C7H6Cl4O3/c8-3-1-5(10)13-7(12)14-6(11)2-4-9/h1-2H,3-4H2. The van der Waals surface area contributed by atoms with Gasteiger partial charge in [0.15, 0.2) is 10.4 Å². The van der Waals surface area contributed by atoms with Crippen LogP contribution in [0.4, 0.5) is 4.79 Å². The third-order valence-electron chi connectivity index (χ3n) is 0.837. The van der Waals surface area contributed by atoms with E-state index in [0.717, 1.165) is 0 Å². The number of ether oxygens (including phenoxy) is 2. The van der Waals surface area contributed by atoms with Crippen molar-refractivity contribution in [3.05, 3.63) is 22.6 Å². The predicted octanol–water partition coefficient (Wildman–Crippen LogP) is 3.78. The van der Waals surface area contributed by atoms with Crippen LogP contribution >= 0.6 is 46.4 Å². The molecule has 0 aromatic heterocycles. The minimum Gasteiger partial charge on any atom is -0.383 e. The van der Waals surface area contributed by atoms with Crippen LogP contribution < -0.4 is 0 Å². The molecule has 7 heteroatoms. The van der Waals surface area contributed by atoms with Gasteiger partial charge in [0.1, 0.15) is 0 Å². The molecule has 14 heavy (non-hydrogen) atoms. The van der Waals surface area contributed by atoms with Gasteiger partial charge in [0.25, 0.3) is 0 Å². The highest BCUT2D eigenvalue weighted by atomic mass is 35.5. The van der Waals surface area contributed by atoms with Gasteiger partial charge >= 0.3 is 6.16 Å². The first-order valence-corrected chi connectivity index (χ1v) is 5.15. The molecule has 3 nitrogen and oxygen atoms in total. The summed E-state index contributed by atoms with van der Waals surface area (Å²) in [6, 6.07) is 0. The molecule has 0 amide bonds. The van der Waals surface area contributed by atoms with Crippen LogP contribution in [0, 0.1) is 0 Å². The van der Waals surface area contributed by atoms with Crippen molar-refractivity contribution in [2.45, 2.75) is 0 Å². The van der Waals surface area contributed by atoms with E-state index < -0.39 is 6.16 Å². The maximum Gasteiger partial charge on any atom is 0.521 e. The van der Waals surface area contributed by atoms with Gasteiger partial charge in [0.2, 0.25) is 0 Å². The SMILES string of the molecule is O=C(OC(Cl)=CCCl)OC(Cl)=CCCl. The zero-order valence-electron chi connectivity index (χ0n) is 6.81. The molecule has 0 saturated heterocycles. The van der Waals surface area contributed by atoms with Crippen LogP contribution in [0.15, 0.2) is 22.6 Å². The quantitative estimate of drug-likeness (QED) is 0.446. The first kappa shape index (κ1) is 13.9. The van der Waals surface area contributed by atoms with Crippen LogP contribution in [0.5, 0.6) is 0 Å². The van der Waals surface area contributed by atoms with Crippen molar-refractivity contribution >= 4 is 52.6 Å². The molecule has 0 saturated carbocycles. The zero-order valence-corrected chi connectivity index (χ0v) is 9.83. The maximum absolute atomic E-state index is 10.8. The molecule has 0 fully saturated rings. The summed E-state index contributed by atoms with van der Waals surface area (Å²) in [6.45, 7) is 0. The second-order valence-electron chi connectivity index (χ2n) is 1.78. The first-order chi connectivity index (χ1) is 6.60. The van der Waals surface area contributed by atoms with Crippen molar-refractivity contribution in [1.29, 1.82) is 0 Å². The van der Waals surface area contributed by atoms with E-state index in [1.807, 2.05) is 0 Å². The molecule has 0 atom stereocenters. The number of alkyl halides is 2. The fraction of sp³-hybridized carbons (Fsp3) is 0.286. The summed E-state index contributed by atoms with van der Waals surface area (Å²) in [6.07, 6.45) is 1.51. The maximum atomic E-state index is 10.8. The van der Waals surface area contributed by atoms with E-state index >= 15 is 0 Å². The highest BCUT2D eigenvalue weighted by Crippen LogP contribution is 2.10. The van der Waals surface area contributed by atoms with Crippen molar-refractivity contribution < 1.29 is 14.3 Å². The van der Waals surface area contributed by atoms with E-state index in [1.165, 1.54) is 12.2 Å². The Bertz CT molecular complexity index is 225. The van der Waals surface area contributed by atoms with Crippen LogP contribution in [0.1, 0.15) is 0 Å². The second-order valence-corrected chi connectivity index (χ2v) is 3.14. The number of allylic oxidation sites excluding steroid dienone is 2. The third kappa shape index (κ3) is 7.33. The highest BCUT2D eigenvalue weighted by molar-refractivity contribution is 6.30. The van der Waals surface area contributed by atoms with E-state index in [-0.39, 0.29) is 22.2 Å². The molecular weight excluding hydrogens is 274 g/mol. The summed E-state index contributed by atoms with van der Waals surface area (Å²) in [7, 11) is 0. The Morgan fingerprint density at radius 2 is 1.36 bits per heavy atom. The number of carbonyl (C=O) groups excluding carboxylic acids is 1. The lowest BCUT2D eigenvalue weighted by atomic mass is 10.7. The molecule has 0 aromatic rings. The molecule has 0 radical (unpaired) electrons. The molecule has 0 aliphatic rings. The molecule has 0 bridgehead atoms. The van der Waals surface area contributed by atoms with Gasteiger partial charge in [-0.2, -0.15) is 0 Å². The van der Waals surface area contributed by atoms with Crippen LogP contribution in [-0.2, 0) is 9.47 Å². The van der Waals surface area contributed by atoms with E-state index in [1.54, 1.807) is 0 Å². The van der Waals surface area contributed by atoms with Crippen molar-refractivity contribution in [2.24, 2.45) is 0 Å². The van der Waals surface area contributed by atoms with Gasteiger partial charge in [-0.05, 0) is 35.4 Å². The summed E-state index contributed by atoms with van der Waals surface area (Å²) in [4.78, 5) is 10.8. The number of rotatable bonds is 4. The molecule has 0 aromatic carbocycles. The monoisotopic (exact) mass is 278 g/mol. The smallest absolute Gasteiger partial charge is 0.383 e. The van der Waals surface area contributed by atoms with Crippen LogP contribution in [-0.4, -0.2) is 17.9 Å². The fourth-order valence-corrected chi connectivity index (χ4v) is 1.10. The average Bonchev–Trinajstić information content (AvgIpc) is 2.03. The molecular formula is C7H6Cl4O3. The topological polar surface area (TPSA) is 35.5 Å². The fourth-order valence-electron chi connectivity index (χ4n) is 0.385. The molecule has 0 unspecified atom stereocenters. The lowest BCUT2D eigenvalue weighted by Gasteiger charge is -2.01. The normalized spacial score (nSPS) is 12.6. The summed E-state index contributed by atoms with van der Waals surface area (Å²) in [5.41, 5.74) is 0. The lowest BCUT2D eigenvalue weighted by Crippen LogP contribution is -2.03. The van der Waals surface area contributed by atoms with Crippen molar-refractivity contribution in [3.63, 3.8) is 0 Å². The van der Waals surface area contributed by atoms with Gasteiger partial charge in [0.05, 0.1) is 0 Å². The van der Waals surface area contributed by atoms with Gasteiger partial charge in [-0.15, -0.1) is 23.2 Å². The van der Waals surface area contributed by atoms with Gasteiger partial charge in [-0.3, -0.25) is 0 Å². The predicted molar refractivity (Wildman–Crippen MR) is 56.9 cm³/mol. The summed E-state index contributed by atoms with van der Waals surface area (Å²) in [5.74, 6) is 0.245. The largest absolute Gasteiger partial charge is 0.521 e. The van der Waals surface area contributed by atoms with E-state index in [2.05, 4.69) is 9.47 Å².